The van der Waals surface area contributed by atoms with Crippen molar-refractivity contribution in [2.45, 2.75) is 26.7 Å². The molecule has 62 valence electrons. The molecule has 0 aliphatic rings. The Morgan fingerprint density at radius 2 is 2.10 bits per heavy atom. The third-order valence-electron chi connectivity index (χ3n) is 1.67. The Balaban J connectivity index is 3.09. The summed E-state index contributed by atoms with van der Waals surface area (Å²) in [5.74, 6) is 0.798. The van der Waals surface area contributed by atoms with Gasteiger partial charge in [0.05, 0.1) is 0 Å². The quantitative estimate of drug-likeness (QED) is 0.482. The lowest BCUT2D eigenvalue weighted by atomic mass is 10.1. The Labute approximate surface area is 72.3 Å². The summed E-state index contributed by atoms with van der Waals surface area (Å²) in [4.78, 5) is 0. The zero-order chi connectivity index (χ0) is 7.82. The maximum atomic E-state index is 5.25. The smallest absolute Gasteiger partial charge is 0.0468 e. The largest absolute Gasteiger partial charge is 0.382 e. The molecule has 10 heavy (non-hydrogen) atoms. The summed E-state index contributed by atoms with van der Waals surface area (Å²) in [6, 6.07) is 0. The molecule has 1 atom stereocenters. The van der Waals surface area contributed by atoms with Crippen LogP contribution in [-0.4, -0.2) is 18.5 Å². The van der Waals surface area contributed by atoms with E-state index in [4.69, 9.17) is 4.74 Å². The molecule has 0 aromatic carbocycles. The van der Waals surface area contributed by atoms with Crippen LogP contribution in [0.2, 0.25) is 0 Å². The molecular formula is C8H17BrO. The average Bonchev–Trinajstić information content (AvgIpc) is 1.99. The van der Waals surface area contributed by atoms with Gasteiger partial charge in [0.15, 0.2) is 0 Å². The minimum Gasteiger partial charge on any atom is -0.382 e. The van der Waals surface area contributed by atoms with Crippen molar-refractivity contribution in [3.05, 3.63) is 0 Å². The van der Waals surface area contributed by atoms with Crippen molar-refractivity contribution < 1.29 is 4.74 Å². The van der Waals surface area contributed by atoms with Crippen molar-refractivity contribution in [3.63, 3.8) is 0 Å². The Hall–Kier alpha value is 0.440. The molecule has 1 unspecified atom stereocenters. The monoisotopic (exact) mass is 208 g/mol. The summed E-state index contributed by atoms with van der Waals surface area (Å²) in [5, 5.41) is 1.11. The van der Waals surface area contributed by atoms with Gasteiger partial charge in [-0.15, -0.1) is 0 Å². The second kappa shape index (κ2) is 7.55. The van der Waals surface area contributed by atoms with Crippen molar-refractivity contribution in [3.8, 4) is 0 Å². The van der Waals surface area contributed by atoms with Gasteiger partial charge in [0.25, 0.3) is 0 Å². The molecule has 0 aliphatic heterocycles. The van der Waals surface area contributed by atoms with E-state index < -0.39 is 0 Å². The SMILES string of the molecule is CCOCCC(CC)CBr. The predicted molar refractivity (Wildman–Crippen MR) is 48.7 cm³/mol. The third-order valence-corrected chi connectivity index (χ3v) is 2.59. The molecule has 0 saturated carbocycles. The number of ether oxygens (including phenoxy) is 1. The maximum Gasteiger partial charge on any atom is 0.0468 e. The average molecular weight is 209 g/mol. The molecule has 0 spiro atoms. The van der Waals surface area contributed by atoms with Gasteiger partial charge in [-0.25, -0.2) is 0 Å². The van der Waals surface area contributed by atoms with Crippen LogP contribution in [0.1, 0.15) is 26.7 Å². The van der Waals surface area contributed by atoms with Gasteiger partial charge in [0.1, 0.15) is 0 Å². The summed E-state index contributed by atoms with van der Waals surface area (Å²) in [6.07, 6.45) is 2.44. The van der Waals surface area contributed by atoms with E-state index in [0.29, 0.717) is 0 Å². The van der Waals surface area contributed by atoms with Gasteiger partial charge in [0.2, 0.25) is 0 Å². The van der Waals surface area contributed by atoms with Crippen LogP contribution in [0.5, 0.6) is 0 Å². The fourth-order valence-corrected chi connectivity index (χ4v) is 1.57. The molecule has 2 heteroatoms. The summed E-state index contributed by atoms with van der Waals surface area (Å²) < 4.78 is 5.25. The zero-order valence-corrected chi connectivity index (χ0v) is 8.49. The minimum atomic E-state index is 0.798. The second-order valence-electron chi connectivity index (χ2n) is 2.41. The Kier molecular flexibility index (Phi) is 7.88. The topological polar surface area (TPSA) is 9.23 Å². The highest BCUT2D eigenvalue weighted by Gasteiger charge is 2.02. The standard InChI is InChI=1S/C8H17BrO/c1-3-8(7-9)5-6-10-4-2/h8H,3-7H2,1-2H3. The zero-order valence-electron chi connectivity index (χ0n) is 6.90. The highest BCUT2D eigenvalue weighted by atomic mass is 79.9. The number of alkyl halides is 1. The van der Waals surface area contributed by atoms with Crippen molar-refractivity contribution >= 4 is 15.9 Å². The lowest BCUT2D eigenvalue weighted by molar-refractivity contribution is 0.134. The van der Waals surface area contributed by atoms with Gasteiger partial charge in [-0.05, 0) is 19.3 Å². The molecule has 0 saturated heterocycles. The maximum absolute atomic E-state index is 5.25. The van der Waals surface area contributed by atoms with Crippen molar-refractivity contribution in [2.24, 2.45) is 5.92 Å². The molecular weight excluding hydrogens is 192 g/mol. The van der Waals surface area contributed by atoms with Crippen LogP contribution in [0.25, 0.3) is 0 Å². The van der Waals surface area contributed by atoms with Gasteiger partial charge < -0.3 is 4.74 Å². The molecule has 0 radical (unpaired) electrons. The van der Waals surface area contributed by atoms with Gasteiger partial charge in [0, 0.05) is 18.5 Å². The van der Waals surface area contributed by atoms with Crippen molar-refractivity contribution in [2.75, 3.05) is 18.5 Å². The van der Waals surface area contributed by atoms with Crippen molar-refractivity contribution in [1.29, 1.82) is 0 Å². The number of rotatable bonds is 6. The molecule has 0 aromatic heterocycles. The van der Waals surface area contributed by atoms with E-state index in [1.165, 1.54) is 12.8 Å². The normalized spacial score (nSPS) is 13.5. The molecule has 0 bridgehead atoms. The molecule has 0 N–H and O–H groups in total. The molecule has 0 aliphatic carbocycles. The third kappa shape index (κ3) is 5.24. The van der Waals surface area contributed by atoms with Gasteiger partial charge in [-0.2, -0.15) is 0 Å². The summed E-state index contributed by atoms with van der Waals surface area (Å²) in [6.45, 7) is 6.02. The van der Waals surface area contributed by atoms with E-state index in [9.17, 15) is 0 Å². The van der Waals surface area contributed by atoms with Crippen molar-refractivity contribution in [1.82, 2.24) is 0 Å². The lowest BCUT2D eigenvalue weighted by Crippen LogP contribution is -2.05. The first-order valence-corrected chi connectivity index (χ1v) is 5.11. The first-order chi connectivity index (χ1) is 4.85. The van der Waals surface area contributed by atoms with E-state index in [2.05, 4.69) is 22.9 Å². The highest BCUT2D eigenvalue weighted by Crippen LogP contribution is 2.10. The summed E-state index contributed by atoms with van der Waals surface area (Å²) in [5.41, 5.74) is 0. The molecule has 0 aromatic rings. The van der Waals surface area contributed by atoms with Crippen LogP contribution in [-0.2, 0) is 4.74 Å². The number of hydrogen-bond donors (Lipinski definition) is 0. The molecule has 0 heterocycles. The van der Waals surface area contributed by atoms with E-state index in [-0.39, 0.29) is 0 Å². The van der Waals surface area contributed by atoms with Gasteiger partial charge in [-0.1, -0.05) is 29.3 Å². The number of halogens is 1. The fraction of sp³-hybridized carbons (Fsp3) is 1.00. The van der Waals surface area contributed by atoms with Crippen LogP contribution in [0.4, 0.5) is 0 Å². The Morgan fingerprint density at radius 1 is 1.40 bits per heavy atom. The van der Waals surface area contributed by atoms with Crippen LogP contribution < -0.4 is 0 Å². The van der Waals surface area contributed by atoms with Gasteiger partial charge >= 0.3 is 0 Å². The predicted octanol–water partition coefficient (Wildman–Crippen LogP) is 2.83. The molecule has 1 nitrogen and oxygen atoms in total. The fourth-order valence-electron chi connectivity index (χ4n) is 0.785. The number of hydrogen-bond acceptors (Lipinski definition) is 1. The first-order valence-electron chi connectivity index (χ1n) is 3.98. The Bertz CT molecular complexity index is 62.3. The second-order valence-corrected chi connectivity index (χ2v) is 3.06. The first kappa shape index (κ1) is 10.4. The summed E-state index contributed by atoms with van der Waals surface area (Å²) >= 11 is 3.47. The summed E-state index contributed by atoms with van der Waals surface area (Å²) in [7, 11) is 0. The highest BCUT2D eigenvalue weighted by molar-refractivity contribution is 9.09. The van der Waals surface area contributed by atoms with E-state index in [0.717, 1.165) is 24.5 Å². The molecule has 0 rings (SSSR count). The van der Waals surface area contributed by atoms with Crippen LogP contribution >= 0.6 is 15.9 Å². The molecule has 0 fully saturated rings. The van der Waals surface area contributed by atoms with E-state index >= 15 is 0 Å². The minimum absolute atomic E-state index is 0.798. The lowest BCUT2D eigenvalue weighted by Gasteiger charge is -2.09. The van der Waals surface area contributed by atoms with Crippen LogP contribution in [0.3, 0.4) is 0 Å². The Morgan fingerprint density at radius 3 is 2.50 bits per heavy atom. The van der Waals surface area contributed by atoms with Crippen LogP contribution in [0.15, 0.2) is 0 Å². The van der Waals surface area contributed by atoms with Gasteiger partial charge in [-0.3, -0.25) is 0 Å². The van der Waals surface area contributed by atoms with E-state index in [1.807, 2.05) is 6.92 Å². The molecule has 0 amide bonds. The van der Waals surface area contributed by atoms with E-state index in [1.54, 1.807) is 0 Å². The van der Waals surface area contributed by atoms with Crippen LogP contribution in [0, 0.1) is 5.92 Å².